The Labute approximate surface area is 231 Å². The Kier molecular flexibility index (Phi) is 14.8. The Morgan fingerprint density at radius 1 is 1.20 bits per heavy atom. The van der Waals surface area contributed by atoms with Crippen molar-refractivity contribution in [2.24, 2.45) is 5.73 Å². The molecule has 35 heavy (non-hydrogen) atoms. The predicted molar refractivity (Wildman–Crippen MR) is 138 cm³/mol. The number of nitrogen functional groups attached to an aromatic ring is 1. The first-order chi connectivity index (χ1) is 16.5. The second kappa shape index (κ2) is 17.0. The molecule has 1 unspecified atom stereocenters. The zero-order valence-electron chi connectivity index (χ0n) is 20.9. The fourth-order valence-electron chi connectivity index (χ4n) is 3.54. The van der Waals surface area contributed by atoms with Crippen LogP contribution >= 0.6 is 0 Å². The second-order valence-electron chi connectivity index (χ2n) is 7.95. The van der Waals surface area contributed by atoms with E-state index in [4.69, 9.17) is 11.6 Å². The molecule has 1 fully saturated rings. The van der Waals surface area contributed by atoms with E-state index in [1.165, 1.54) is 42.4 Å². The van der Waals surface area contributed by atoms with Gasteiger partial charge in [0.15, 0.2) is 0 Å². The van der Waals surface area contributed by atoms with Crippen molar-refractivity contribution in [3.63, 3.8) is 0 Å². The van der Waals surface area contributed by atoms with Gasteiger partial charge < -0.3 is 16.9 Å². The van der Waals surface area contributed by atoms with E-state index in [2.05, 4.69) is 59.8 Å². The van der Waals surface area contributed by atoms with Crippen molar-refractivity contribution < 1.29 is 33.9 Å². The van der Waals surface area contributed by atoms with Gasteiger partial charge in [0, 0.05) is 30.5 Å². The van der Waals surface area contributed by atoms with Crippen LogP contribution in [0.1, 0.15) is 29.7 Å². The molecule has 2 aromatic carbocycles. The van der Waals surface area contributed by atoms with E-state index < -0.39 is 0 Å². The third kappa shape index (κ3) is 10.7. The molecule has 1 saturated heterocycles. The van der Waals surface area contributed by atoms with Gasteiger partial charge >= 0.3 is 29.6 Å². The average Bonchev–Trinajstić information content (AvgIpc) is 3.47. The largest absolute Gasteiger partial charge is 1.00 e. The summed E-state index contributed by atoms with van der Waals surface area (Å²) >= 11 is 0. The van der Waals surface area contributed by atoms with E-state index in [0.29, 0.717) is 11.6 Å². The first kappa shape index (κ1) is 30.5. The van der Waals surface area contributed by atoms with Crippen molar-refractivity contribution in [3.8, 4) is 0 Å². The van der Waals surface area contributed by atoms with Gasteiger partial charge in [-0.05, 0) is 38.1 Å². The number of hydrogen-bond donors (Lipinski definition) is 3. The Morgan fingerprint density at radius 3 is 2.40 bits per heavy atom. The molecule has 0 aliphatic carbocycles. The Bertz CT molecular complexity index is 1010. The number of nitrogens with one attached hydrogen (secondary N) is 1. The van der Waals surface area contributed by atoms with Crippen LogP contribution in [0.15, 0.2) is 91.8 Å². The van der Waals surface area contributed by atoms with Crippen molar-refractivity contribution in [1.29, 1.82) is 0 Å². The van der Waals surface area contributed by atoms with Crippen LogP contribution in [0, 0.1) is 12.4 Å². The summed E-state index contributed by atoms with van der Waals surface area (Å²) in [7, 11) is 2.17. The Morgan fingerprint density at radius 2 is 1.89 bits per heavy atom. The van der Waals surface area contributed by atoms with Gasteiger partial charge in [-0.25, -0.2) is 0 Å². The first-order valence-corrected chi connectivity index (χ1v) is 11.3. The number of likely N-dealkylation sites (tertiary alicyclic amines) is 1. The number of allylic oxidation sites excluding steroid dienone is 1. The molecule has 2 heterocycles. The number of nitrogens with zero attached hydrogens (tertiary/aromatic N) is 3. The summed E-state index contributed by atoms with van der Waals surface area (Å²) in [5.41, 5.74) is 8.97. The molecule has 1 aliphatic heterocycles. The van der Waals surface area contributed by atoms with Crippen molar-refractivity contribution in [1.82, 2.24) is 20.1 Å². The molecule has 5 N–H and O–H groups in total. The normalized spacial score (nSPS) is 14.3. The molecule has 1 atom stereocenters. The zero-order chi connectivity index (χ0) is 24.8. The van der Waals surface area contributed by atoms with E-state index in [1.54, 1.807) is 30.5 Å². The van der Waals surface area contributed by atoms with Gasteiger partial charge in [-0.3, -0.25) is 9.29 Å². The van der Waals surface area contributed by atoms with Gasteiger partial charge in [-0.2, -0.15) is 16.0 Å². The van der Waals surface area contributed by atoms with Crippen molar-refractivity contribution in [2.45, 2.75) is 31.8 Å². The summed E-state index contributed by atoms with van der Waals surface area (Å²) < 4.78 is 12.5. The molecule has 6 nitrogen and oxygen atoms in total. The molecule has 1 aliphatic rings. The quantitative estimate of drug-likeness (QED) is 0.201. The fourth-order valence-corrected chi connectivity index (χ4v) is 3.54. The number of aromatic nitrogens is 2. The summed E-state index contributed by atoms with van der Waals surface area (Å²) in [6.45, 7) is 11.0. The van der Waals surface area contributed by atoms with Crippen molar-refractivity contribution >= 4 is 0 Å². The zero-order valence-corrected chi connectivity index (χ0v) is 22.9. The first-order valence-electron chi connectivity index (χ1n) is 11.3. The standard InChI is InChI=1S/C14H20N2.C7H7FN.C6H9N3.Na/c1-12(14-9-6-10-16(14)2)15-11-13-7-4-3-5-8-13;8-7-4-2-1-3-6(7)5-9;1-2-3-6-4-5-8-9(6)7;/h3-5,7-8,14-15H,1,6,9-11H2,2H3;1-5H,9H2;2,4-5H,1,3,7H2;/q;-1;;+1. The fraction of sp³-hybridized carbons (Fsp3) is 0.259. The van der Waals surface area contributed by atoms with Gasteiger partial charge in [0.1, 0.15) is 0 Å². The van der Waals surface area contributed by atoms with Crippen LogP contribution in [0.2, 0.25) is 0 Å². The average molecular weight is 487 g/mol. The molecular formula is C27H36FN6Na. The molecule has 4 rings (SSSR count). The molecule has 182 valence electrons. The number of benzene rings is 2. The Balaban J connectivity index is 0.000000278. The van der Waals surface area contributed by atoms with Crippen molar-refractivity contribution in [3.05, 3.63) is 121 Å². The van der Waals surface area contributed by atoms with E-state index in [0.717, 1.165) is 24.4 Å². The number of halogens is 1. The molecule has 0 amide bonds. The third-order valence-corrected chi connectivity index (χ3v) is 5.48. The van der Waals surface area contributed by atoms with Crippen LogP contribution in [-0.4, -0.2) is 34.4 Å². The van der Waals surface area contributed by atoms with Crippen LogP contribution in [0.3, 0.4) is 0 Å². The maximum atomic E-state index is 12.5. The summed E-state index contributed by atoms with van der Waals surface area (Å²) in [4.78, 5) is 3.72. The smallest absolute Gasteiger partial charge is 0.383 e. The monoisotopic (exact) mass is 486 g/mol. The van der Waals surface area contributed by atoms with Crippen molar-refractivity contribution in [2.75, 3.05) is 19.4 Å². The summed E-state index contributed by atoms with van der Waals surface area (Å²) in [6.07, 6.45) is 6.75. The minimum absolute atomic E-state index is 0. The molecule has 1 aromatic heterocycles. The van der Waals surface area contributed by atoms with Gasteiger partial charge in [0.25, 0.3) is 0 Å². The number of hydrogen-bond acceptors (Lipinski definition) is 5. The maximum Gasteiger partial charge on any atom is 1.00 e. The van der Waals surface area contributed by atoms with Crippen LogP contribution in [-0.2, 0) is 13.0 Å². The molecule has 8 heteroatoms. The predicted octanol–water partition coefficient (Wildman–Crippen LogP) is 1.01. The Hall–Kier alpha value is -2.55. The van der Waals surface area contributed by atoms with Crippen LogP contribution < -0.4 is 46.5 Å². The van der Waals surface area contributed by atoms with Crippen LogP contribution in [0.5, 0.6) is 0 Å². The van der Waals surface area contributed by atoms with E-state index in [9.17, 15) is 4.39 Å². The third-order valence-electron chi connectivity index (χ3n) is 5.48. The minimum Gasteiger partial charge on any atom is -0.383 e. The molecular weight excluding hydrogens is 450 g/mol. The van der Waals surface area contributed by atoms with Gasteiger partial charge in [0.05, 0.1) is 11.9 Å². The number of nitrogens with two attached hydrogens (primary N) is 2. The number of rotatable bonds is 7. The topological polar surface area (TPSA) is 85.1 Å². The summed E-state index contributed by atoms with van der Waals surface area (Å²) in [5.74, 6) is 5.11. The number of likely N-dealkylation sites (N-methyl/N-ethyl adjacent to an activating group) is 1. The second-order valence-corrected chi connectivity index (χ2v) is 7.95. The van der Waals surface area contributed by atoms with E-state index >= 15 is 0 Å². The van der Waals surface area contributed by atoms with Gasteiger partial charge in [0.2, 0.25) is 0 Å². The summed E-state index contributed by atoms with van der Waals surface area (Å²) in [5, 5.41) is 7.22. The van der Waals surface area contributed by atoms with Gasteiger partial charge in [-0.1, -0.05) is 55.1 Å². The molecule has 0 radical (unpaired) electrons. The van der Waals surface area contributed by atoms with E-state index in [1.807, 2.05) is 12.1 Å². The van der Waals surface area contributed by atoms with Gasteiger partial charge in [-0.15, -0.1) is 24.8 Å². The summed E-state index contributed by atoms with van der Waals surface area (Å²) in [6, 6.07) is 19.2. The SMILES string of the molecule is C=C(NCc1ccccc1)C1CCCN1C.C=CCc1ccnn1N.N[CH-]c1ccccc1F.[Na+]. The van der Waals surface area contributed by atoms with Crippen LogP contribution in [0.25, 0.3) is 0 Å². The van der Waals surface area contributed by atoms with Crippen LogP contribution in [0.4, 0.5) is 4.39 Å². The molecule has 0 bridgehead atoms. The molecule has 3 aromatic rings. The minimum atomic E-state index is -0.278. The van der Waals surface area contributed by atoms with E-state index in [-0.39, 0.29) is 35.4 Å². The molecule has 0 saturated carbocycles. The maximum absolute atomic E-state index is 12.5. The molecule has 0 spiro atoms.